The van der Waals surface area contributed by atoms with Crippen molar-refractivity contribution >= 4 is 67.6 Å². The number of H-pyrrole nitrogens is 1. The molecule has 3 aromatic carbocycles. The average Bonchev–Trinajstić information content (AvgIpc) is 3.14. The molecule has 0 atom stereocenters. The van der Waals surface area contributed by atoms with Gasteiger partial charge >= 0.3 is 0 Å². The molecular weight excluding hydrogens is 427 g/mol. The van der Waals surface area contributed by atoms with Gasteiger partial charge < -0.3 is 4.98 Å². The molecule has 0 saturated heterocycles. The Morgan fingerprint density at radius 2 is 1.77 bits per heavy atom. The van der Waals surface area contributed by atoms with E-state index in [2.05, 4.69) is 22.1 Å². The highest BCUT2D eigenvalue weighted by atomic mass is 35.5. The molecule has 150 valence electrons. The predicted octanol–water partition coefficient (Wildman–Crippen LogP) is 7.39. The number of nitrogens with zero attached hydrogens (tertiary/aromatic N) is 1. The number of fused-ring (bicyclic) bond motifs is 6. The summed E-state index contributed by atoms with van der Waals surface area (Å²) in [5.74, 6) is 0.00246. The van der Waals surface area contributed by atoms with Gasteiger partial charge in [-0.25, -0.2) is 4.98 Å². The fraction of sp³-hybridized carbons (Fsp3) is 0.0769. The first-order chi connectivity index (χ1) is 15.1. The van der Waals surface area contributed by atoms with Crippen LogP contribution in [0.25, 0.3) is 38.7 Å². The minimum Gasteiger partial charge on any atom is -0.352 e. The number of pyridine rings is 1. The van der Waals surface area contributed by atoms with Crippen LogP contribution in [0.5, 0.6) is 0 Å². The maximum atomic E-state index is 13.3. The number of nitrogens with one attached hydrogen (secondary N) is 1. The molecule has 1 N–H and O–H groups in total. The minimum atomic E-state index is 0.00246. The van der Waals surface area contributed by atoms with Gasteiger partial charge in [-0.3, -0.25) is 4.79 Å². The van der Waals surface area contributed by atoms with Gasteiger partial charge in [0.25, 0.3) is 0 Å². The van der Waals surface area contributed by atoms with E-state index in [-0.39, 0.29) is 5.78 Å². The normalized spacial score (nSPS) is 15.3. The number of benzene rings is 3. The van der Waals surface area contributed by atoms with Crippen molar-refractivity contribution in [2.24, 2.45) is 0 Å². The summed E-state index contributed by atoms with van der Waals surface area (Å²) in [4.78, 5) is 21.1. The monoisotopic (exact) mass is 442 g/mol. The fourth-order valence-electron chi connectivity index (χ4n) is 4.55. The van der Waals surface area contributed by atoms with Crippen LogP contribution in [-0.4, -0.2) is 15.8 Å². The van der Waals surface area contributed by atoms with Crippen LogP contribution in [0.15, 0.2) is 66.2 Å². The number of Topliss-reactive ketones (excluding diaryl/α,β-unsaturated/α-hetero) is 1. The molecule has 1 aliphatic rings. The van der Waals surface area contributed by atoms with Gasteiger partial charge in [0, 0.05) is 32.4 Å². The molecule has 0 fully saturated rings. The zero-order valence-electron chi connectivity index (χ0n) is 16.4. The molecule has 1 aliphatic carbocycles. The number of aromatic nitrogens is 2. The zero-order valence-corrected chi connectivity index (χ0v) is 17.9. The van der Waals surface area contributed by atoms with E-state index in [1.165, 1.54) is 0 Å². The smallest absolute Gasteiger partial charge is 0.205 e. The summed E-state index contributed by atoms with van der Waals surface area (Å²) in [6.07, 6.45) is 3.31. The zero-order chi connectivity index (χ0) is 21.1. The largest absolute Gasteiger partial charge is 0.352 e. The molecule has 0 amide bonds. The third kappa shape index (κ3) is 2.96. The lowest BCUT2D eigenvalue weighted by atomic mass is 9.89. The number of ketones is 1. The molecule has 0 bridgehead atoms. The maximum absolute atomic E-state index is 13.3. The highest BCUT2D eigenvalue weighted by Gasteiger charge is 2.26. The lowest BCUT2D eigenvalue weighted by Gasteiger charge is -2.15. The van der Waals surface area contributed by atoms with E-state index in [1.54, 1.807) is 0 Å². The van der Waals surface area contributed by atoms with Gasteiger partial charge in [-0.05, 0) is 65.6 Å². The summed E-state index contributed by atoms with van der Waals surface area (Å²) in [5, 5.41) is 5.38. The van der Waals surface area contributed by atoms with Gasteiger partial charge in [0.2, 0.25) is 5.78 Å². The van der Waals surface area contributed by atoms with Crippen LogP contribution in [0.4, 0.5) is 0 Å². The highest BCUT2D eigenvalue weighted by Crippen LogP contribution is 2.35. The minimum absolute atomic E-state index is 0.00246. The quantitative estimate of drug-likeness (QED) is 0.167. The fourth-order valence-corrected chi connectivity index (χ4v) is 4.92. The van der Waals surface area contributed by atoms with Crippen molar-refractivity contribution in [1.29, 1.82) is 0 Å². The first-order valence-corrected chi connectivity index (χ1v) is 10.9. The van der Waals surface area contributed by atoms with Gasteiger partial charge in [-0.1, -0.05) is 53.5 Å². The molecule has 0 radical (unpaired) electrons. The second-order valence-electron chi connectivity index (χ2n) is 7.89. The molecule has 5 heteroatoms. The Balaban J connectivity index is 1.49. The van der Waals surface area contributed by atoms with Gasteiger partial charge in [0.05, 0.1) is 11.2 Å². The van der Waals surface area contributed by atoms with Crippen LogP contribution in [0, 0.1) is 0 Å². The molecule has 3 nitrogen and oxygen atoms in total. The van der Waals surface area contributed by atoms with E-state index < -0.39 is 0 Å². The van der Waals surface area contributed by atoms with Crippen molar-refractivity contribution in [3.63, 3.8) is 0 Å². The Labute approximate surface area is 188 Å². The molecular formula is C26H16Cl2N2O. The van der Waals surface area contributed by atoms with Gasteiger partial charge in [-0.2, -0.15) is 0 Å². The number of aryl methyl sites for hydroxylation is 1. The van der Waals surface area contributed by atoms with Crippen molar-refractivity contribution in [2.75, 3.05) is 0 Å². The summed E-state index contributed by atoms with van der Waals surface area (Å²) in [7, 11) is 0. The summed E-state index contributed by atoms with van der Waals surface area (Å²) >= 11 is 12.7. The topological polar surface area (TPSA) is 45.8 Å². The van der Waals surface area contributed by atoms with E-state index in [0.29, 0.717) is 22.3 Å². The summed E-state index contributed by atoms with van der Waals surface area (Å²) in [5.41, 5.74) is 4.94. The molecule has 0 saturated carbocycles. The second-order valence-corrected chi connectivity index (χ2v) is 8.68. The molecule has 2 heterocycles. The third-order valence-corrected chi connectivity index (χ3v) is 6.60. The standard InChI is InChI=1S/C26H16Cl2N2O/c27-17-7-10-22-21(13-17)19-8-5-15(25(31)24(19)29-22)11-16-12-20-18-4-2-1-3-14(18)6-9-23(20)30-26(16)28/h1-4,6-7,9-13,29H,5,8H2/b15-11+. The Hall–Kier alpha value is -3.14. The van der Waals surface area contributed by atoms with Crippen molar-refractivity contribution < 1.29 is 4.79 Å². The molecule has 0 spiro atoms. The number of carbonyl (C=O) groups is 1. The first kappa shape index (κ1) is 18.6. The average molecular weight is 443 g/mol. The van der Waals surface area contributed by atoms with E-state index in [1.807, 2.05) is 54.6 Å². The van der Waals surface area contributed by atoms with Crippen LogP contribution in [0.2, 0.25) is 10.2 Å². The SMILES string of the molecule is O=C1/C(=C/c2cc3c(ccc4ccccc43)nc2Cl)CCc2c1[nH]c1ccc(Cl)cc21. The number of rotatable bonds is 1. The number of carbonyl (C=O) groups excluding carboxylic acids is 1. The first-order valence-electron chi connectivity index (χ1n) is 10.1. The summed E-state index contributed by atoms with van der Waals surface area (Å²) in [6, 6.07) is 19.9. The van der Waals surface area contributed by atoms with Gasteiger partial charge in [-0.15, -0.1) is 0 Å². The summed E-state index contributed by atoms with van der Waals surface area (Å²) in [6.45, 7) is 0. The Morgan fingerprint density at radius 1 is 0.903 bits per heavy atom. The maximum Gasteiger partial charge on any atom is 0.205 e. The van der Waals surface area contributed by atoms with Crippen molar-refractivity contribution in [3.8, 4) is 0 Å². The van der Waals surface area contributed by atoms with E-state index in [0.717, 1.165) is 55.7 Å². The Bertz CT molecular complexity index is 1580. The molecule has 6 rings (SSSR count). The molecule has 31 heavy (non-hydrogen) atoms. The molecule has 2 aromatic heterocycles. The van der Waals surface area contributed by atoms with E-state index >= 15 is 0 Å². The van der Waals surface area contributed by atoms with Crippen LogP contribution in [-0.2, 0) is 6.42 Å². The van der Waals surface area contributed by atoms with Crippen molar-refractivity contribution in [3.05, 3.63) is 93.2 Å². The second kappa shape index (κ2) is 6.94. The highest BCUT2D eigenvalue weighted by molar-refractivity contribution is 6.32. The number of aromatic amines is 1. The molecule has 0 aliphatic heterocycles. The van der Waals surface area contributed by atoms with E-state index in [9.17, 15) is 4.79 Å². The Morgan fingerprint density at radius 3 is 2.68 bits per heavy atom. The van der Waals surface area contributed by atoms with Gasteiger partial charge in [0.15, 0.2) is 0 Å². The predicted molar refractivity (Wildman–Crippen MR) is 128 cm³/mol. The van der Waals surface area contributed by atoms with Gasteiger partial charge in [0.1, 0.15) is 5.15 Å². The van der Waals surface area contributed by atoms with Crippen LogP contribution in [0.1, 0.15) is 28.0 Å². The van der Waals surface area contributed by atoms with Crippen LogP contribution >= 0.6 is 23.2 Å². The lowest BCUT2D eigenvalue weighted by Crippen LogP contribution is -2.13. The van der Waals surface area contributed by atoms with E-state index in [4.69, 9.17) is 23.2 Å². The molecule has 0 unspecified atom stereocenters. The number of allylic oxidation sites excluding steroid dienone is 1. The number of hydrogen-bond acceptors (Lipinski definition) is 2. The van der Waals surface area contributed by atoms with Crippen LogP contribution in [0.3, 0.4) is 0 Å². The number of halogens is 2. The van der Waals surface area contributed by atoms with Crippen LogP contribution < -0.4 is 0 Å². The summed E-state index contributed by atoms with van der Waals surface area (Å²) < 4.78 is 0. The number of hydrogen-bond donors (Lipinski definition) is 1. The van der Waals surface area contributed by atoms with Crippen molar-refractivity contribution in [1.82, 2.24) is 9.97 Å². The lowest BCUT2D eigenvalue weighted by molar-refractivity contribution is 0.102. The Kier molecular flexibility index (Phi) is 4.17. The van der Waals surface area contributed by atoms with Crippen molar-refractivity contribution in [2.45, 2.75) is 12.8 Å². The third-order valence-electron chi connectivity index (χ3n) is 6.07. The molecule has 5 aromatic rings.